The summed E-state index contributed by atoms with van der Waals surface area (Å²) in [6.45, 7) is 4.01. The van der Waals surface area contributed by atoms with E-state index in [2.05, 4.69) is 28.8 Å². The van der Waals surface area contributed by atoms with Crippen LogP contribution in [-0.4, -0.2) is 29.8 Å². The monoisotopic (exact) mass is 209 g/mol. The minimum absolute atomic E-state index is 0.376. The van der Waals surface area contributed by atoms with Gasteiger partial charge in [-0.05, 0) is 0 Å². The number of nitrogens with one attached hydrogen (secondary N) is 1. The summed E-state index contributed by atoms with van der Waals surface area (Å²) in [4.78, 5) is 4.43. The number of fused-ring (bicyclic) bond motifs is 1. The molecule has 1 N–H and O–H groups in total. The van der Waals surface area contributed by atoms with Gasteiger partial charge in [-0.3, -0.25) is 0 Å². The topological polar surface area (TPSA) is 39.1 Å². The van der Waals surface area contributed by atoms with E-state index in [1.807, 2.05) is 6.33 Å². The molecule has 0 aromatic carbocycles. The third kappa shape index (κ3) is 1.92. The number of nitrogens with zero attached hydrogens (tertiary/aromatic N) is 2. The van der Waals surface area contributed by atoms with E-state index in [-0.39, 0.29) is 0 Å². The lowest BCUT2D eigenvalue weighted by atomic mass is 9.94. The van der Waals surface area contributed by atoms with Gasteiger partial charge < -0.3 is 14.6 Å². The number of aryl methyl sites for hydroxylation is 1. The van der Waals surface area contributed by atoms with Crippen molar-refractivity contribution in [2.75, 3.05) is 20.3 Å². The molecule has 0 saturated heterocycles. The molecule has 0 radical (unpaired) electrons. The Hall–Kier alpha value is -0.870. The van der Waals surface area contributed by atoms with E-state index in [4.69, 9.17) is 4.74 Å². The fraction of sp³-hybridized carbons (Fsp3) is 0.727. The Balaban J connectivity index is 2.24. The van der Waals surface area contributed by atoms with Gasteiger partial charge in [0.25, 0.3) is 0 Å². The number of imidazole rings is 1. The SMILES string of the molecule is COCC(C)C1NCCc2ncn(C)c21. The van der Waals surface area contributed by atoms with E-state index >= 15 is 0 Å². The predicted octanol–water partition coefficient (Wildman–Crippen LogP) is 0.889. The van der Waals surface area contributed by atoms with Crippen LogP contribution in [0.15, 0.2) is 6.33 Å². The Morgan fingerprint density at radius 1 is 1.73 bits per heavy atom. The van der Waals surface area contributed by atoms with Crippen LogP contribution in [0.5, 0.6) is 0 Å². The molecular weight excluding hydrogens is 190 g/mol. The quantitative estimate of drug-likeness (QED) is 0.803. The highest BCUT2D eigenvalue weighted by molar-refractivity contribution is 5.21. The average molecular weight is 209 g/mol. The van der Waals surface area contributed by atoms with E-state index in [9.17, 15) is 0 Å². The van der Waals surface area contributed by atoms with Crippen molar-refractivity contribution in [3.8, 4) is 0 Å². The van der Waals surface area contributed by atoms with Gasteiger partial charge in [-0.15, -0.1) is 0 Å². The van der Waals surface area contributed by atoms with E-state index in [1.165, 1.54) is 11.4 Å². The Kier molecular flexibility index (Phi) is 3.07. The van der Waals surface area contributed by atoms with Crippen LogP contribution in [0.4, 0.5) is 0 Å². The highest BCUT2D eigenvalue weighted by Gasteiger charge is 2.27. The van der Waals surface area contributed by atoms with Crippen molar-refractivity contribution in [1.82, 2.24) is 14.9 Å². The summed E-state index contributed by atoms with van der Waals surface area (Å²) in [5.74, 6) is 0.476. The van der Waals surface area contributed by atoms with Gasteiger partial charge >= 0.3 is 0 Å². The standard InChI is InChI=1S/C11H19N3O/c1-8(6-15-3)10-11-9(4-5-12-10)13-7-14(11)2/h7-8,10,12H,4-6H2,1-3H3. The minimum atomic E-state index is 0.376. The summed E-state index contributed by atoms with van der Waals surface area (Å²) >= 11 is 0. The second-order valence-corrected chi connectivity index (χ2v) is 4.30. The van der Waals surface area contributed by atoms with Gasteiger partial charge in [0.2, 0.25) is 0 Å². The predicted molar refractivity (Wildman–Crippen MR) is 58.7 cm³/mol. The molecule has 2 rings (SSSR count). The van der Waals surface area contributed by atoms with Gasteiger partial charge in [-0.1, -0.05) is 6.92 Å². The van der Waals surface area contributed by atoms with Crippen molar-refractivity contribution in [3.05, 3.63) is 17.7 Å². The highest BCUT2D eigenvalue weighted by atomic mass is 16.5. The lowest BCUT2D eigenvalue weighted by Gasteiger charge is -2.29. The van der Waals surface area contributed by atoms with Gasteiger partial charge in [0.15, 0.2) is 0 Å². The molecule has 0 bridgehead atoms. The molecular formula is C11H19N3O. The molecule has 4 heteroatoms. The molecule has 0 saturated carbocycles. The molecule has 0 aliphatic carbocycles. The molecule has 1 aromatic heterocycles. The smallest absolute Gasteiger partial charge is 0.0949 e. The molecule has 0 amide bonds. The van der Waals surface area contributed by atoms with Crippen molar-refractivity contribution >= 4 is 0 Å². The molecule has 15 heavy (non-hydrogen) atoms. The van der Waals surface area contributed by atoms with Crippen molar-refractivity contribution in [1.29, 1.82) is 0 Å². The van der Waals surface area contributed by atoms with E-state index < -0.39 is 0 Å². The zero-order valence-electron chi connectivity index (χ0n) is 9.66. The van der Waals surface area contributed by atoms with Crippen molar-refractivity contribution in [3.63, 3.8) is 0 Å². The van der Waals surface area contributed by atoms with Crippen LogP contribution in [-0.2, 0) is 18.2 Å². The summed E-state index contributed by atoms with van der Waals surface area (Å²) in [5.41, 5.74) is 2.56. The molecule has 0 fully saturated rings. The first-order valence-corrected chi connectivity index (χ1v) is 5.46. The summed E-state index contributed by atoms with van der Waals surface area (Å²) < 4.78 is 7.34. The van der Waals surface area contributed by atoms with Crippen LogP contribution in [0.25, 0.3) is 0 Å². The molecule has 2 atom stereocenters. The van der Waals surface area contributed by atoms with E-state index in [1.54, 1.807) is 7.11 Å². The fourth-order valence-electron chi connectivity index (χ4n) is 2.35. The number of rotatable bonds is 3. The van der Waals surface area contributed by atoms with Gasteiger partial charge in [-0.25, -0.2) is 4.98 Å². The normalized spacial score (nSPS) is 22.5. The maximum atomic E-state index is 5.22. The van der Waals surface area contributed by atoms with E-state index in [0.717, 1.165) is 19.6 Å². The maximum Gasteiger partial charge on any atom is 0.0949 e. The van der Waals surface area contributed by atoms with Crippen LogP contribution in [0.2, 0.25) is 0 Å². The van der Waals surface area contributed by atoms with Crippen LogP contribution in [0.3, 0.4) is 0 Å². The lowest BCUT2D eigenvalue weighted by molar-refractivity contribution is 0.135. The summed E-state index contributed by atoms with van der Waals surface area (Å²) in [6, 6.07) is 0.376. The Bertz CT molecular complexity index is 335. The number of hydrogen-bond donors (Lipinski definition) is 1. The van der Waals surface area contributed by atoms with Gasteiger partial charge in [-0.2, -0.15) is 0 Å². The Morgan fingerprint density at radius 3 is 3.27 bits per heavy atom. The van der Waals surface area contributed by atoms with Crippen LogP contribution < -0.4 is 5.32 Å². The first-order valence-electron chi connectivity index (χ1n) is 5.46. The Morgan fingerprint density at radius 2 is 2.53 bits per heavy atom. The van der Waals surface area contributed by atoms with Crippen molar-refractivity contribution in [2.24, 2.45) is 13.0 Å². The first-order chi connectivity index (χ1) is 7.24. The minimum Gasteiger partial charge on any atom is -0.384 e. The molecule has 84 valence electrons. The lowest BCUT2D eigenvalue weighted by Crippen LogP contribution is -2.36. The summed E-state index contributed by atoms with van der Waals surface area (Å²) in [5, 5.41) is 3.55. The molecule has 1 aliphatic heterocycles. The maximum absolute atomic E-state index is 5.22. The number of ether oxygens (including phenoxy) is 1. The number of hydrogen-bond acceptors (Lipinski definition) is 3. The second kappa shape index (κ2) is 4.33. The summed E-state index contributed by atoms with van der Waals surface area (Å²) in [7, 11) is 3.81. The highest BCUT2D eigenvalue weighted by Crippen LogP contribution is 2.27. The van der Waals surface area contributed by atoms with Gasteiger partial charge in [0, 0.05) is 33.0 Å². The van der Waals surface area contributed by atoms with Gasteiger partial charge in [0.05, 0.1) is 30.4 Å². The second-order valence-electron chi connectivity index (χ2n) is 4.30. The zero-order chi connectivity index (χ0) is 10.8. The van der Waals surface area contributed by atoms with E-state index in [0.29, 0.717) is 12.0 Å². The average Bonchev–Trinajstić information content (AvgIpc) is 2.61. The van der Waals surface area contributed by atoms with Crippen LogP contribution >= 0.6 is 0 Å². The van der Waals surface area contributed by atoms with Crippen LogP contribution in [0.1, 0.15) is 24.4 Å². The molecule has 1 aliphatic rings. The number of methoxy groups -OCH3 is 1. The largest absolute Gasteiger partial charge is 0.384 e. The van der Waals surface area contributed by atoms with Crippen molar-refractivity contribution < 1.29 is 4.74 Å². The fourth-order valence-corrected chi connectivity index (χ4v) is 2.35. The molecule has 2 unspecified atom stereocenters. The first kappa shape index (κ1) is 10.6. The van der Waals surface area contributed by atoms with Crippen LogP contribution in [0, 0.1) is 5.92 Å². The molecule has 4 nitrogen and oxygen atoms in total. The van der Waals surface area contributed by atoms with Crippen molar-refractivity contribution in [2.45, 2.75) is 19.4 Å². The third-order valence-electron chi connectivity index (χ3n) is 3.08. The zero-order valence-corrected chi connectivity index (χ0v) is 9.66. The molecule has 1 aromatic rings. The molecule has 2 heterocycles. The molecule has 0 spiro atoms. The summed E-state index contributed by atoms with van der Waals surface area (Å²) in [6.07, 6.45) is 2.94. The third-order valence-corrected chi connectivity index (χ3v) is 3.08. The van der Waals surface area contributed by atoms with Gasteiger partial charge in [0.1, 0.15) is 0 Å². The number of aromatic nitrogens is 2. The Labute approximate surface area is 90.6 Å².